The summed E-state index contributed by atoms with van der Waals surface area (Å²) in [6.07, 6.45) is 1.29. The summed E-state index contributed by atoms with van der Waals surface area (Å²) in [6, 6.07) is 4.17. The Morgan fingerprint density at radius 2 is 1.38 bits per heavy atom. The van der Waals surface area contributed by atoms with E-state index in [1.165, 1.54) is 30.0 Å². The summed E-state index contributed by atoms with van der Waals surface area (Å²) in [5, 5.41) is 25.7. The molecule has 7 heteroatoms. The number of amides is 1. The Bertz CT molecular complexity index is 516. The molecule has 0 unspecified atom stereocenters. The number of rotatable bonds is 2. The van der Waals surface area contributed by atoms with Crippen LogP contribution in [0.3, 0.4) is 0 Å². The van der Waals surface area contributed by atoms with Crippen LogP contribution in [0.15, 0.2) is 18.2 Å². The predicted octanol–water partition coefficient (Wildman–Crippen LogP) is 2.15. The van der Waals surface area contributed by atoms with E-state index in [9.17, 15) is 14.4 Å². The van der Waals surface area contributed by atoms with Gasteiger partial charge in [-0.2, -0.15) is 0 Å². The molecule has 1 aromatic carbocycles. The largest absolute Gasteiger partial charge is 0.478 e. The summed E-state index contributed by atoms with van der Waals surface area (Å²) >= 11 is 0. The number of carboxylic acid groups (broad SMARTS) is 3. The quantitative estimate of drug-likeness (QED) is 0.770. The van der Waals surface area contributed by atoms with E-state index in [1.54, 1.807) is 0 Å². The molecular formula is C14H17NO6. The molecule has 0 aromatic heterocycles. The van der Waals surface area contributed by atoms with Crippen LogP contribution in [0, 0.1) is 6.92 Å². The third kappa shape index (κ3) is 4.48. The van der Waals surface area contributed by atoms with Gasteiger partial charge in [-0.3, -0.25) is 0 Å². The van der Waals surface area contributed by atoms with E-state index >= 15 is 0 Å². The van der Waals surface area contributed by atoms with Crippen LogP contribution in [-0.2, 0) is 0 Å². The minimum Gasteiger partial charge on any atom is -0.478 e. The number of carbonyl (C=O) groups is 3. The van der Waals surface area contributed by atoms with E-state index < -0.39 is 18.0 Å². The minimum atomic E-state index is -1.11. The van der Waals surface area contributed by atoms with Crippen LogP contribution in [0.25, 0.3) is 0 Å². The van der Waals surface area contributed by atoms with Crippen molar-refractivity contribution in [2.45, 2.75) is 19.8 Å². The lowest BCUT2D eigenvalue weighted by atomic mass is 10.0. The maximum absolute atomic E-state index is 10.6. The van der Waals surface area contributed by atoms with Crippen molar-refractivity contribution >= 4 is 18.0 Å². The van der Waals surface area contributed by atoms with Crippen LogP contribution >= 0.6 is 0 Å². The van der Waals surface area contributed by atoms with Gasteiger partial charge in [-0.25, -0.2) is 14.4 Å². The monoisotopic (exact) mass is 295 g/mol. The average Bonchev–Trinajstić information content (AvgIpc) is 2.93. The SMILES string of the molecule is Cc1c(C(=O)O)cccc1C(=O)O.O=C(O)N1CCCC1. The van der Waals surface area contributed by atoms with E-state index in [2.05, 4.69) is 0 Å². The first-order valence-electron chi connectivity index (χ1n) is 6.38. The lowest BCUT2D eigenvalue weighted by Crippen LogP contribution is -2.25. The molecule has 1 aliphatic heterocycles. The lowest BCUT2D eigenvalue weighted by molar-refractivity contribution is 0.0696. The van der Waals surface area contributed by atoms with E-state index in [4.69, 9.17) is 15.3 Å². The van der Waals surface area contributed by atoms with Crippen LogP contribution in [0.1, 0.15) is 39.1 Å². The second kappa shape index (κ2) is 7.28. The van der Waals surface area contributed by atoms with Crippen LogP contribution in [0.4, 0.5) is 4.79 Å². The molecular weight excluding hydrogens is 278 g/mol. The van der Waals surface area contributed by atoms with Crippen LogP contribution in [-0.4, -0.2) is 51.3 Å². The fourth-order valence-corrected chi connectivity index (χ4v) is 2.01. The third-order valence-electron chi connectivity index (χ3n) is 3.17. The van der Waals surface area contributed by atoms with Gasteiger partial charge in [-0.1, -0.05) is 6.07 Å². The molecule has 0 radical (unpaired) electrons. The zero-order chi connectivity index (χ0) is 16.0. The first-order valence-corrected chi connectivity index (χ1v) is 6.38. The molecule has 0 aliphatic carbocycles. The molecule has 1 aliphatic rings. The highest BCUT2D eigenvalue weighted by Gasteiger charge is 2.15. The maximum atomic E-state index is 10.6. The van der Waals surface area contributed by atoms with Gasteiger partial charge >= 0.3 is 18.0 Å². The summed E-state index contributed by atoms with van der Waals surface area (Å²) < 4.78 is 0. The summed E-state index contributed by atoms with van der Waals surface area (Å²) in [7, 11) is 0. The van der Waals surface area contributed by atoms with Crippen molar-refractivity contribution in [2.24, 2.45) is 0 Å². The van der Waals surface area contributed by atoms with Crippen molar-refractivity contribution in [3.8, 4) is 0 Å². The van der Waals surface area contributed by atoms with E-state index in [0.29, 0.717) is 0 Å². The Labute approximate surface area is 121 Å². The number of hydrogen-bond acceptors (Lipinski definition) is 3. The molecule has 0 saturated carbocycles. The summed E-state index contributed by atoms with van der Waals surface area (Å²) in [5.74, 6) is -2.22. The number of likely N-dealkylation sites (tertiary alicyclic amines) is 1. The minimum absolute atomic E-state index is 0.0277. The van der Waals surface area contributed by atoms with Gasteiger partial charge in [0, 0.05) is 13.1 Å². The summed E-state index contributed by atoms with van der Waals surface area (Å²) in [5.41, 5.74) is 0.335. The van der Waals surface area contributed by atoms with E-state index in [-0.39, 0.29) is 16.7 Å². The summed E-state index contributed by atoms with van der Waals surface area (Å²) in [6.45, 7) is 2.94. The molecule has 0 atom stereocenters. The highest BCUT2D eigenvalue weighted by molar-refractivity contribution is 5.96. The Kier molecular flexibility index (Phi) is 5.71. The zero-order valence-corrected chi connectivity index (χ0v) is 11.6. The highest BCUT2D eigenvalue weighted by Crippen LogP contribution is 2.13. The fourth-order valence-electron chi connectivity index (χ4n) is 2.01. The second-order valence-corrected chi connectivity index (χ2v) is 4.57. The second-order valence-electron chi connectivity index (χ2n) is 4.57. The smallest absolute Gasteiger partial charge is 0.407 e. The Hall–Kier alpha value is -2.57. The molecule has 0 bridgehead atoms. The average molecular weight is 295 g/mol. The van der Waals surface area contributed by atoms with E-state index in [1.807, 2.05) is 0 Å². The maximum Gasteiger partial charge on any atom is 0.407 e. The molecule has 1 aromatic rings. The van der Waals surface area contributed by atoms with Crippen molar-refractivity contribution < 1.29 is 29.7 Å². The number of carboxylic acids is 2. The van der Waals surface area contributed by atoms with Crippen molar-refractivity contribution in [1.29, 1.82) is 0 Å². The molecule has 7 nitrogen and oxygen atoms in total. The summed E-state index contributed by atoms with van der Waals surface area (Å²) in [4.78, 5) is 32.8. The molecule has 114 valence electrons. The molecule has 21 heavy (non-hydrogen) atoms. The van der Waals surface area contributed by atoms with Gasteiger partial charge in [0.2, 0.25) is 0 Å². The zero-order valence-electron chi connectivity index (χ0n) is 11.6. The first-order chi connectivity index (χ1) is 9.84. The van der Waals surface area contributed by atoms with Gasteiger partial charge in [-0.15, -0.1) is 0 Å². The predicted molar refractivity (Wildman–Crippen MR) is 73.9 cm³/mol. The molecule has 2 rings (SSSR count). The van der Waals surface area contributed by atoms with Crippen molar-refractivity contribution in [1.82, 2.24) is 4.90 Å². The van der Waals surface area contributed by atoms with Gasteiger partial charge in [0.1, 0.15) is 0 Å². The molecule has 1 fully saturated rings. The highest BCUT2D eigenvalue weighted by atomic mass is 16.4. The molecule has 3 N–H and O–H groups in total. The van der Waals surface area contributed by atoms with Crippen molar-refractivity contribution in [3.05, 3.63) is 34.9 Å². The first kappa shape index (κ1) is 16.5. The van der Waals surface area contributed by atoms with Crippen molar-refractivity contribution in [2.75, 3.05) is 13.1 Å². The molecule has 1 saturated heterocycles. The van der Waals surface area contributed by atoms with Gasteiger partial charge in [0.25, 0.3) is 0 Å². The van der Waals surface area contributed by atoms with E-state index in [0.717, 1.165) is 25.9 Å². The third-order valence-corrected chi connectivity index (χ3v) is 3.17. The molecule has 0 spiro atoms. The molecule has 1 heterocycles. The van der Waals surface area contributed by atoms with Crippen LogP contribution in [0.2, 0.25) is 0 Å². The number of nitrogens with zero attached hydrogens (tertiary/aromatic N) is 1. The Balaban J connectivity index is 0.000000235. The Morgan fingerprint density at radius 3 is 1.67 bits per heavy atom. The van der Waals surface area contributed by atoms with Crippen LogP contribution < -0.4 is 0 Å². The number of aromatic carboxylic acids is 2. The normalized spacial score (nSPS) is 13.3. The van der Waals surface area contributed by atoms with Gasteiger partial charge in [0.15, 0.2) is 0 Å². The fraction of sp³-hybridized carbons (Fsp3) is 0.357. The van der Waals surface area contributed by atoms with Crippen molar-refractivity contribution in [3.63, 3.8) is 0 Å². The number of benzene rings is 1. The number of hydrogen-bond donors (Lipinski definition) is 3. The topological polar surface area (TPSA) is 115 Å². The van der Waals surface area contributed by atoms with Crippen LogP contribution in [0.5, 0.6) is 0 Å². The standard InChI is InChI=1S/C9H8O4.C5H9NO2/c1-5-6(8(10)11)3-2-4-7(5)9(12)13;7-5(8)6-3-1-2-4-6/h2-4H,1H3,(H,10,11)(H,12,13);1-4H2,(H,7,8). The lowest BCUT2D eigenvalue weighted by Gasteiger charge is -2.07. The molecule has 1 amide bonds. The van der Waals surface area contributed by atoms with Gasteiger partial charge in [-0.05, 0) is 37.5 Å². The van der Waals surface area contributed by atoms with Gasteiger partial charge in [0.05, 0.1) is 11.1 Å². The Morgan fingerprint density at radius 1 is 0.952 bits per heavy atom. The van der Waals surface area contributed by atoms with Gasteiger partial charge < -0.3 is 20.2 Å².